The van der Waals surface area contributed by atoms with Gasteiger partial charge in [0.1, 0.15) is 23.3 Å². The van der Waals surface area contributed by atoms with Crippen LogP contribution in [0.3, 0.4) is 0 Å². The van der Waals surface area contributed by atoms with Crippen LogP contribution in [0.1, 0.15) is 54.5 Å². The van der Waals surface area contributed by atoms with Crippen molar-refractivity contribution in [2.75, 3.05) is 33.7 Å². The summed E-state index contributed by atoms with van der Waals surface area (Å²) in [6, 6.07) is 19.3. The summed E-state index contributed by atoms with van der Waals surface area (Å²) in [6.07, 6.45) is 0.930. The van der Waals surface area contributed by atoms with Crippen molar-refractivity contribution in [1.82, 2.24) is 14.4 Å². The summed E-state index contributed by atoms with van der Waals surface area (Å²) in [5.41, 5.74) is 5.18. The lowest BCUT2D eigenvalue weighted by molar-refractivity contribution is 0.215. The number of methoxy groups -OCH3 is 3. The van der Waals surface area contributed by atoms with Crippen molar-refractivity contribution in [1.29, 1.82) is 5.26 Å². The minimum Gasteiger partial charge on any atom is -0.497 e. The van der Waals surface area contributed by atoms with Crippen molar-refractivity contribution in [2.45, 2.75) is 44.9 Å². The second-order valence-electron chi connectivity index (χ2n) is 11.4. The second kappa shape index (κ2) is 13.0. The molecule has 1 heterocycles. The quantitative estimate of drug-likeness (QED) is 0.174. The molecular formula is C34H36N4O6S. The van der Waals surface area contributed by atoms with Crippen LogP contribution in [0, 0.1) is 17.2 Å². The zero-order valence-electron chi connectivity index (χ0n) is 26.0. The van der Waals surface area contributed by atoms with Crippen LogP contribution < -0.4 is 14.2 Å². The molecule has 0 spiro atoms. The Bertz CT molecular complexity index is 1770. The summed E-state index contributed by atoms with van der Waals surface area (Å²) in [5, 5.41) is 14.0. The van der Waals surface area contributed by atoms with E-state index in [0.29, 0.717) is 70.8 Å². The summed E-state index contributed by atoms with van der Waals surface area (Å²) in [5.74, 6) is 3.72. The average molecular weight is 629 g/mol. The molecule has 0 N–H and O–H groups in total. The van der Waals surface area contributed by atoms with Crippen LogP contribution in [-0.2, 0) is 22.3 Å². The molecule has 45 heavy (non-hydrogen) atoms. The fourth-order valence-corrected chi connectivity index (χ4v) is 7.57. The standard InChI is InChI=1S/C34H36N4O6S/c1-20(2)43-29-12-10-21(15-23(29)18-35)34-36-33(37-44-34)26-8-6-7-25-31(26)27-17-28(27)32(25)38(45(39)14-13-40-3)19-22-9-11-24(41-4)16-30(22)42-5/h6-12,15-16,20,27-28,32H,13-14,17,19H2,1-5H3. The van der Waals surface area contributed by atoms with Gasteiger partial charge in [0.2, 0.25) is 5.82 Å². The Morgan fingerprint density at radius 3 is 2.67 bits per heavy atom. The van der Waals surface area contributed by atoms with Crippen LogP contribution in [0.2, 0.25) is 0 Å². The van der Waals surface area contributed by atoms with E-state index in [1.807, 2.05) is 50.2 Å². The highest BCUT2D eigenvalue weighted by Crippen LogP contribution is 2.65. The topological polar surface area (TPSA) is 120 Å². The molecule has 1 fully saturated rings. The van der Waals surface area contributed by atoms with Gasteiger partial charge in [0.15, 0.2) is 0 Å². The Kier molecular flexibility index (Phi) is 8.90. The largest absolute Gasteiger partial charge is 0.497 e. The Balaban J connectivity index is 1.34. The fourth-order valence-electron chi connectivity index (χ4n) is 6.22. The molecule has 4 unspecified atom stereocenters. The van der Waals surface area contributed by atoms with E-state index in [1.165, 1.54) is 5.56 Å². The van der Waals surface area contributed by atoms with Gasteiger partial charge in [0.25, 0.3) is 5.89 Å². The van der Waals surface area contributed by atoms with E-state index in [4.69, 9.17) is 28.5 Å². The highest BCUT2D eigenvalue weighted by molar-refractivity contribution is 7.82. The molecule has 2 aliphatic rings. The van der Waals surface area contributed by atoms with E-state index < -0.39 is 11.0 Å². The van der Waals surface area contributed by atoms with E-state index in [1.54, 1.807) is 33.5 Å². The summed E-state index contributed by atoms with van der Waals surface area (Å²) < 4.78 is 43.8. The molecule has 3 aromatic carbocycles. The normalized spacial score (nSPS) is 18.8. The van der Waals surface area contributed by atoms with Crippen molar-refractivity contribution in [3.63, 3.8) is 0 Å². The third kappa shape index (κ3) is 6.06. The summed E-state index contributed by atoms with van der Waals surface area (Å²) in [6.45, 7) is 4.66. The predicted octanol–water partition coefficient (Wildman–Crippen LogP) is 6.05. The lowest BCUT2D eigenvalue weighted by atomic mass is 9.97. The molecule has 6 rings (SSSR count). The maximum Gasteiger partial charge on any atom is 0.258 e. The number of ether oxygens (including phenoxy) is 4. The van der Waals surface area contributed by atoms with Crippen molar-refractivity contribution in [2.24, 2.45) is 5.92 Å². The van der Waals surface area contributed by atoms with Gasteiger partial charge in [0.05, 0.1) is 55.3 Å². The maximum atomic E-state index is 13.9. The van der Waals surface area contributed by atoms with Gasteiger partial charge in [-0.05, 0) is 67.5 Å². The second-order valence-corrected chi connectivity index (χ2v) is 13.0. The molecule has 0 aliphatic heterocycles. The van der Waals surface area contributed by atoms with Crippen LogP contribution in [0.15, 0.2) is 59.1 Å². The van der Waals surface area contributed by atoms with E-state index in [2.05, 4.69) is 21.6 Å². The van der Waals surface area contributed by atoms with Gasteiger partial charge < -0.3 is 23.5 Å². The molecule has 0 saturated heterocycles. The lowest BCUT2D eigenvalue weighted by Gasteiger charge is -2.30. The summed E-state index contributed by atoms with van der Waals surface area (Å²) in [4.78, 5) is 4.75. The summed E-state index contributed by atoms with van der Waals surface area (Å²) >= 11 is 0. The first-order valence-electron chi connectivity index (χ1n) is 14.9. The zero-order valence-corrected chi connectivity index (χ0v) is 26.8. The first-order chi connectivity index (χ1) is 21.9. The van der Waals surface area contributed by atoms with E-state index in [9.17, 15) is 9.47 Å². The molecule has 0 bridgehead atoms. The lowest BCUT2D eigenvalue weighted by Crippen LogP contribution is -2.33. The van der Waals surface area contributed by atoms with Gasteiger partial charge >= 0.3 is 0 Å². The maximum absolute atomic E-state index is 13.9. The van der Waals surface area contributed by atoms with Gasteiger partial charge in [-0.15, -0.1) is 0 Å². The van der Waals surface area contributed by atoms with Crippen molar-refractivity contribution in [3.05, 3.63) is 76.9 Å². The molecular weight excluding hydrogens is 592 g/mol. The molecule has 1 aromatic heterocycles. The number of hydrogen-bond donors (Lipinski definition) is 0. The molecule has 2 aliphatic carbocycles. The van der Waals surface area contributed by atoms with Crippen LogP contribution in [0.5, 0.6) is 17.2 Å². The molecule has 0 radical (unpaired) electrons. The monoisotopic (exact) mass is 628 g/mol. The van der Waals surface area contributed by atoms with Gasteiger partial charge in [-0.3, -0.25) is 0 Å². The van der Waals surface area contributed by atoms with Crippen LogP contribution in [0.4, 0.5) is 0 Å². The number of nitriles is 1. The summed E-state index contributed by atoms with van der Waals surface area (Å²) in [7, 11) is 3.56. The van der Waals surface area contributed by atoms with Gasteiger partial charge in [-0.25, -0.2) is 8.51 Å². The average Bonchev–Trinajstić information content (AvgIpc) is 3.53. The SMILES string of the molecule is COCCS(=O)N(Cc1ccc(OC)cc1OC)C1c2cccc(-c3noc(-c4ccc(OC(C)C)c(C#N)c4)n3)c2C2CC21. The molecule has 234 valence electrons. The highest BCUT2D eigenvalue weighted by atomic mass is 32.2. The number of nitrogens with zero attached hydrogens (tertiary/aromatic N) is 4. The van der Waals surface area contributed by atoms with E-state index in [0.717, 1.165) is 23.1 Å². The third-order valence-corrected chi connectivity index (χ3v) is 9.70. The molecule has 4 aromatic rings. The minimum absolute atomic E-state index is 0.0558. The number of benzene rings is 3. The van der Waals surface area contributed by atoms with Crippen molar-refractivity contribution >= 4 is 11.0 Å². The molecule has 10 nitrogen and oxygen atoms in total. The van der Waals surface area contributed by atoms with Gasteiger partial charge in [-0.1, -0.05) is 29.4 Å². The van der Waals surface area contributed by atoms with E-state index in [-0.39, 0.29) is 12.1 Å². The Labute approximate surface area is 265 Å². The van der Waals surface area contributed by atoms with Gasteiger partial charge in [-0.2, -0.15) is 10.2 Å². The first kappa shape index (κ1) is 30.8. The third-order valence-electron chi connectivity index (χ3n) is 8.31. The minimum atomic E-state index is -1.31. The van der Waals surface area contributed by atoms with Crippen molar-refractivity contribution in [3.8, 4) is 46.2 Å². The molecule has 0 amide bonds. The number of hydrogen-bond acceptors (Lipinski definition) is 9. The fraction of sp³-hybridized carbons (Fsp3) is 0.382. The molecule has 1 saturated carbocycles. The Morgan fingerprint density at radius 2 is 1.93 bits per heavy atom. The van der Waals surface area contributed by atoms with Gasteiger partial charge in [0, 0.05) is 36.4 Å². The smallest absolute Gasteiger partial charge is 0.258 e. The Morgan fingerprint density at radius 1 is 1.09 bits per heavy atom. The van der Waals surface area contributed by atoms with Crippen LogP contribution in [0.25, 0.3) is 22.8 Å². The number of fused-ring (bicyclic) bond motifs is 3. The van der Waals surface area contributed by atoms with Crippen LogP contribution in [-0.4, -0.2) is 58.4 Å². The van der Waals surface area contributed by atoms with Crippen LogP contribution >= 0.6 is 0 Å². The number of aromatic nitrogens is 2. The first-order valence-corrected chi connectivity index (χ1v) is 16.2. The highest BCUT2D eigenvalue weighted by Gasteiger charge is 2.56. The zero-order chi connectivity index (χ0) is 31.7. The molecule has 4 atom stereocenters. The molecule has 11 heteroatoms. The number of rotatable bonds is 13. The Hall–Kier alpha value is -4.24. The van der Waals surface area contributed by atoms with E-state index >= 15 is 0 Å². The van der Waals surface area contributed by atoms with Crippen molar-refractivity contribution < 1.29 is 27.7 Å². The predicted molar refractivity (Wildman–Crippen MR) is 169 cm³/mol.